The molecule has 2 unspecified atom stereocenters. The second-order valence-corrected chi connectivity index (χ2v) is 9.10. The first-order valence-electron chi connectivity index (χ1n) is 13.6. The molecular formula is C26H53N3O5. The SMILES string of the molecule is CCCCCCCCCCCCCCCCCCNC(=O)OC(C(N)=O)C(COCCN)OC. The highest BCUT2D eigenvalue weighted by Crippen LogP contribution is 2.13. The minimum atomic E-state index is -1.21. The van der Waals surface area contributed by atoms with Crippen molar-refractivity contribution >= 4 is 12.0 Å². The summed E-state index contributed by atoms with van der Waals surface area (Å²) in [6.45, 7) is 3.50. The Labute approximate surface area is 208 Å². The van der Waals surface area contributed by atoms with Gasteiger partial charge in [0, 0.05) is 20.2 Å². The summed E-state index contributed by atoms with van der Waals surface area (Å²) in [5, 5.41) is 2.68. The molecule has 0 heterocycles. The minimum absolute atomic E-state index is 0.0632. The molecule has 0 aromatic rings. The Balaban J connectivity index is 3.62. The summed E-state index contributed by atoms with van der Waals surface area (Å²) in [6, 6.07) is 0. The van der Waals surface area contributed by atoms with Gasteiger partial charge in [-0.15, -0.1) is 0 Å². The van der Waals surface area contributed by atoms with Crippen molar-refractivity contribution in [2.24, 2.45) is 11.5 Å². The lowest BCUT2D eigenvalue weighted by Gasteiger charge is -2.23. The van der Waals surface area contributed by atoms with E-state index in [1.165, 1.54) is 97.0 Å². The van der Waals surface area contributed by atoms with Crippen LogP contribution in [0.4, 0.5) is 4.79 Å². The van der Waals surface area contributed by atoms with E-state index in [-0.39, 0.29) is 6.61 Å². The molecule has 0 aliphatic heterocycles. The number of carbonyl (C=O) groups is 2. The van der Waals surface area contributed by atoms with Crippen LogP contribution in [0.5, 0.6) is 0 Å². The molecule has 0 rings (SSSR count). The lowest BCUT2D eigenvalue weighted by molar-refractivity contribution is -0.137. The average molecular weight is 488 g/mol. The van der Waals surface area contributed by atoms with Crippen LogP contribution in [0.25, 0.3) is 0 Å². The van der Waals surface area contributed by atoms with Crippen LogP contribution in [0.2, 0.25) is 0 Å². The summed E-state index contributed by atoms with van der Waals surface area (Å²) in [6.07, 6.45) is 18.2. The number of amides is 2. The molecule has 34 heavy (non-hydrogen) atoms. The highest BCUT2D eigenvalue weighted by molar-refractivity contribution is 5.82. The number of nitrogens with one attached hydrogen (secondary N) is 1. The van der Waals surface area contributed by atoms with Crippen molar-refractivity contribution < 1.29 is 23.8 Å². The Bertz CT molecular complexity index is 479. The van der Waals surface area contributed by atoms with E-state index >= 15 is 0 Å². The maximum Gasteiger partial charge on any atom is 0.408 e. The van der Waals surface area contributed by atoms with Crippen LogP contribution in [0.3, 0.4) is 0 Å². The van der Waals surface area contributed by atoms with Gasteiger partial charge in [0.2, 0.25) is 6.10 Å². The molecule has 0 saturated heterocycles. The highest BCUT2D eigenvalue weighted by Gasteiger charge is 2.30. The summed E-state index contributed by atoms with van der Waals surface area (Å²) in [5.74, 6) is -0.777. The number of carbonyl (C=O) groups excluding carboxylic acids is 2. The van der Waals surface area contributed by atoms with E-state index in [1.807, 2.05) is 0 Å². The topological polar surface area (TPSA) is 126 Å². The van der Waals surface area contributed by atoms with Gasteiger partial charge in [-0.2, -0.15) is 0 Å². The van der Waals surface area contributed by atoms with Crippen molar-refractivity contribution in [3.8, 4) is 0 Å². The molecule has 0 saturated carbocycles. The number of unbranched alkanes of at least 4 members (excludes halogenated alkanes) is 15. The van der Waals surface area contributed by atoms with Gasteiger partial charge in [0.05, 0.1) is 13.2 Å². The predicted molar refractivity (Wildman–Crippen MR) is 138 cm³/mol. The third kappa shape index (κ3) is 20.0. The molecule has 0 bridgehead atoms. The number of primary amides is 1. The average Bonchev–Trinajstić information content (AvgIpc) is 2.82. The summed E-state index contributed by atoms with van der Waals surface area (Å²) >= 11 is 0. The van der Waals surface area contributed by atoms with Crippen molar-refractivity contribution in [3.63, 3.8) is 0 Å². The van der Waals surface area contributed by atoms with Gasteiger partial charge < -0.3 is 31.0 Å². The van der Waals surface area contributed by atoms with E-state index < -0.39 is 24.2 Å². The van der Waals surface area contributed by atoms with Crippen molar-refractivity contribution in [1.82, 2.24) is 5.32 Å². The number of methoxy groups -OCH3 is 1. The van der Waals surface area contributed by atoms with Gasteiger partial charge in [-0.3, -0.25) is 4.79 Å². The maximum atomic E-state index is 12.0. The van der Waals surface area contributed by atoms with Crippen molar-refractivity contribution in [2.75, 3.05) is 33.4 Å². The number of hydrogen-bond donors (Lipinski definition) is 3. The zero-order chi connectivity index (χ0) is 25.3. The zero-order valence-electron chi connectivity index (χ0n) is 22.0. The fourth-order valence-electron chi connectivity index (χ4n) is 3.90. The van der Waals surface area contributed by atoms with Crippen LogP contribution < -0.4 is 16.8 Å². The Morgan fingerprint density at radius 3 is 1.68 bits per heavy atom. The summed E-state index contributed by atoms with van der Waals surface area (Å²) in [5.41, 5.74) is 10.7. The van der Waals surface area contributed by atoms with E-state index in [2.05, 4.69) is 12.2 Å². The standard InChI is InChI=1S/C26H53N3O5/c1-3-4-5-6-7-8-9-10-11-12-13-14-15-16-17-18-20-29-26(31)34-24(25(28)30)23(32-2)22-33-21-19-27/h23-24H,3-22,27H2,1-2H3,(H2,28,30)(H,29,31). The smallest absolute Gasteiger partial charge is 0.408 e. The Morgan fingerprint density at radius 1 is 0.794 bits per heavy atom. The van der Waals surface area contributed by atoms with Gasteiger partial charge in [-0.05, 0) is 6.42 Å². The second-order valence-electron chi connectivity index (χ2n) is 9.10. The molecule has 8 heteroatoms. The lowest BCUT2D eigenvalue weighted by Crippen LogP contribution is -2.47. The molecule has 0 aromatic heterocycles. The third-order valence-electron chi connectivity index (χ3n) is 6.00. The minimum Gasteiger partial charge on any atom is -0.433 e. The Morgan fingerprint density at radius 2 is 1.26 bits per heavy atom. The molecule has 2 amide bonds. The van der Waals surface area contributed by atoms with Crippen LogP contribution in [0.15, 0.2) is 0 Å². The molecular weight excluding hydrogens is 434 g/mol. The highest BCUT2D eigenvalue weighted by atomic mass is 16.6. The van der Waals surface area contributed by atoms with E-state index in [9.17, 15) is 9.59 Å². The number of nitrogens with two attached hydrogens (primary N) is 2. The van der Waals surface area contributed by atoms with Crippen molar-refractivity contribution in [2.45, 2.75) is 122 Å². The molecule has 5 N–H and O–H groups in total. The molecule has 8 nitrogen and oxygen atoms in total. The van der Waals surface area contributed by atoms with E-state index in [0.29, 0.717) is 19.7 Å². The van der Waals surface area contributed by atoms with E-state index in [0.717, 1.165) is 12.8 Å². The largest absolute Gasteiger partial charge is 0.433 e. The monoisotopic (exact) mass is 487 g/mol. The fourth-order valence-corrected chi connectivity index (χ4v) is 3.90. The molecule has 2 atom stereocenters. The first-order valence-corrected chi connectivity index (χ1v) is 13.6. The van der Waals surface area contributed by atoms with Gasteiger partial charge in [-0.25, -0.2) is 4.79 Å². The van der Waals surface area contributed by atoms with Gasteiger partial charge in [0.1, 0.15) is 6.10 Å². The normalized spacial score (nSPS) is 12.9. The van der Waals surface area contributed by atoms with Gasteiger partial charge in [-0.1, -0.05) is 103 Å². The Kier molecular flexibility index (Phi) is 23.7. The van der Waals surface area contributed by atoms with Gasteiger partial charge in [0.25, 0.3) is 5.91 Å². The van der Waals surface area contributed by atoms with Crippen molar-refractivity contribution in [3.05, 3.63) is 0 Å². The predicted octanol–water partition coefficient (Wildman–Crippen LogP) is 4.82. The first-order chi connectivity index (χ1) is 16.6. The number of hydrogen-bond acceptors (Lipinski definition) is 6. The Hall–Kier alpha value is -1.38. The number of rotatable bonds is 25. The van der Waals surface area contributed by atoms with Gasteiger partial charge >= 0.3 is 6.09 Å². The van der Waals surface area contributed by atoms with Crippen LogP contribution in [0.1, 0.15) is 110 Å². The van der Waals surface area contributed by atoms with Crippen LogP contribution >= 0.6 is 0 Å². The molecule has 0 aromatic carbocycles. The zero-order valence-corrected chi connectivity index (χ0v) is 22.0. The first kappa shape index (κ1) is 32.6. The fraction of sp³-hybridized carbons (Fsp3) is 0.923. The van der Waals surface area contributed by atoms with Crippen LogP contribution in [0, 0.1) is 0 Å². The molecule has 0 fully saturated rings. The molecule has 0 spiro atoms. The maximum absolute atomic E-state index is 12.0. The van der Waals surface area contributed by atoms with E-state index in [4.69, 9.17) is 25.7 Å². The molecule has 0 radical (unpaired) electrons. The molecule has 202 valence electrons. The van der Waals surface area contributed by atoms with Crippen LogP contribution in [-0.2, 0) is 19.0 Å². The summed E-state index contributed by atoms with van der Waals surface area (Å²) in [4.78, 5) is 23.7. The number of ether oxygens (including phenoxy) is 3. The van der Waals surface area contributed by atoms with Crippen LogP contribution in [-0.4, -0.2) is 57.6 Å². The molecule has 0 aliphatic rings. The third-order valence-corrected chi connectivity index (χ3v) is 6.00. The summed E-state index contributed by atoms with van der Waals surface area (Å²) < 4.78 is 15.6. The molecule has 0 aliphatic carbocycles. The second kappa shape index (κ2) is 24.7. The quantitative estimate of drug-likeness (QED) is 0.159. The number of alkyl carbamates (subject to hydrolysis) is 1. The lowest BCUT2D eigenvalue weighted by atomic mass is 10.0. The van der Waals surface area contributed by atoms with Gasteiger partial charge in [0.15, 0.2) is 0 Å². The van der Waals surface area contributed by atoms with Crippen molar-refractivity contribution in [1.29, 1.82) is 0 Å². The summed E-state index contributed by atoms with van der Waals surface area (Å²) in [7, 11) is 1.41. The van der Waals surface area contributed by atoms with E-state index in [1.54, 1.807) is 0 Å².